The minimum Gasteiger partial charge on any atom is -0.339 e. The van der Waals surface area contributed by atoms with Crippen LogP contribution >= 0.6 is 15.9 Å². The molecule has 0 aliphatic carbocycles. The lowest BCUT2D eigenvalue weighted by Gasteiger charge is -2.24. The molecule has 15 heavy (non-hydrogen) atoms. The maximum atomic E-state index is 11.7. The van der Waals surface area contributed by atoms with Crippen molar-refractivity contribution in [2.45, 2.75) is 63.2 Å². The Morgan fingerprint density at radius 2 is 2.20 bits per heavy atom. The van der Waals surface area contributed by atoms with E-state index in [0.717, 1.165) is 19.4 Å². The molecule has 0 aromatic rings. The molecule has 1 rings (SSSR count). The summed E-state index contributed by atoms with van der Waals surface area (Å²) < 4.78 is 0. The minimum atomic E-state index is 0.0793. The molecule has 0 saturated carbocycles. The number of carbonyl (C=O) groups excluding carboxylic acids is 1. The SMILES string of the molecule is CCCCCCC(C)N1CCC(Br)C1=O. The average molecular weight is 276 g/mol. The van der Waals surface area contributed by atoms with Gasteiger partial charge in [-0.3, -0.25) is 4.79 Å². The number of hydrogen-bond donors (Lipinski definition) is 0. The number of likely N-dealkylation sites (tertiary alicyclic amines) is 1. The minimum absolute atomic E-state index is 0.0793. The van der Waals surface area contributed by atoms with Crippen LogP contribution in [0.25, 0.3) is 0 Å². The Kier molecular flexibility index (Phi) is 5.65. The lowest BCUT2D eigenvalue weighted by Crippen LogP contribution is -2.35. The largest absolute Gasteiger partial charge is 0.339 e. The van der Waals surface area contributed by atoms with Gasteiger partial charge in [0, 0.05) is 12.6 Å². The van der Waals surface area contributed by atoms with Gasteiger partial charge in [0.25, 0.3) is 0 Å². The number of alkyl halides is 1. The van der Waals surface area contributed by atoms with Gasteiger partial charge < -0.3 is 4.90 Å². The summed E-state index contributed by atoms with van der Waals surface area (Å²) in [5.41, 5.74) is 0. The van der Waals surface area contributed by atoms with Gasteiger partial charge in [-0.25, -0.2) is 0 Å². The van der Waals surface area contributed by atoms with E-state index >= 15 is 0 Å². The highest BCUT2D eigenvalue weighted by Crippen LogP contribution is 2.22. The van der Waals surface area contributed by atoms with Crippen molar-refractivity contribution in [3.8, 4) is 0 Å². The summed E-state index contributed by atoms with van der Waals surface area (Å²) >= 11 is 3.41. The fourth-order valence-corrected chi connectivity index (χ4v) is 2.59. The third-order valence-electron chi connectivity index (χ3n) is 3.18. The topological polar surface area (TPSA) is 20.3 Å². The van der Waals surface area contributed by atoms with Gasteiger partial charge in [-0.15, -0.1) is 0 Å². The summed E-state index contributed by atoms with van der Waals surface area (Å²) in [5.74, 6) is 0.290. The van der Waals surface area contributed by atoms with Crippen molar-refractivity contribution in [3.63, 3.8) is 0 Å². The fourth-order valence-electron chi connectivity index (χ4n) is 2.13. The van der Waals surface area contributed by atoms with E-state index < -0.39 is 0 Å². The van der Waals surface area contributed by atoms with Crippen molar-refractivity contribution < 1.29 is 4.79 Å². The van der Waals surface area contributed by atoms with Gasteiger partial charge >= 0.3 is 0 Å². The van der Waals surface area contributed by atoms with Crippen molar-refractivity contribution in [1.29, 1.82) is 0 Å². The summed E-state index contributed by atoms with van der Waals surface area (Å²) in [7, 11) is 0. The van der Waals surface area contributed by atoms with Crippen molar-refractivity contribution in [2.24, 2.45) is 0 Å². The van der Waals surface area contributed by atoms with E-state index in [0.29, 0.717) is 6.04 Å². The number of carbonyl (C=O) groups is 1. The Bertz CT molecular complexity index is 208. The first kappa shape index (κ1) is 13.0. The second-order valence-corrected chi connectivity index (χ2v) is 5.59. The molecule has 88 valence electrons. The summed E-state index contributed by atoms with van der Waals surface area (Å²) in [6.07, 6.45) is 7.29. The molecular formula is C12H22BrNO. The Morgan fingerprint density at radius 1 is 1.47 bits per heavy atom. The number of nitrogens with zero attached hydrogens (tertiary/aromatic N) is 1. The lowest BCUT2D eigenvalue weighted by atomic mass is 10.1. The predicted octanol–water partition coefficient (Wildman–Crippen LogP) is 3.34. The smallest absolute Gasteiger partial charge is 0.236 e. The third-order valence-corrected chi connectivity index (χ3v) is 4.03. The van der Waals surface area contributed by atoms with Gasteiger partial charge in [0.2, 0.25) is 5.91 Å². The first-order valence-electron chi connectivity index (χ1n) is 6.11. The van der Waals surface area contributed by atoms with Crippen molar-refractivity contribution >= 4 is 21.8 Å². The summed E-state index contributed by atoms with van der Waals surface area (Å²) in [4.78, 5) is 13.8. The molecule has 2 unspecified atom stereocenters. The van der Waals surface area contributed by atoms with Crippen LogP contribution in [0.4, 0.5) is 0 Å². The Hall–Kier alpha value is -0.0500. The molecule has 0 aromatic heterocycles. The third kappa shape index (κ3) is 3.78. The first-order valence-corrected chi connectivity index (χ1v) is 7.03. The van der Waals surface area contributed by atoms with Gasteiger partial charge in [0.1, 0.15) is 0 Å². The maximum Gasteiger partial charge on any atom is 0.236 e. The number of amides is 1. The predicted molar refractivity (Wildman–Crippen MR) is 67.3 cm³/mol. The summed E-state index contributed by atoms with van der Waals surface area (Å²) in [6.45, 7) is 5.33. The molecule has 0 N–H and O–H groups in total. The molecule has 1 heterocycles. The highest BCUT2D eigenvalue weighted by molar-refractivity contribution is 9.10. The van der Waals surface area contributed by atoms with Crippen LogP contribution in [-0.2, 0) is 4.79 Å². The van der Waals surface area contributed by atoms with Crippen LogP contribution in [0, 0.1) is 0 Å². The molecule has 2 atom stereocenters. The summed E-state index contributed by atoms with van der Waals surface area (Å²) in [6, 6.07) is 0.428. The zero-order chi connectivity index (χ0) is 11.3. The molecule has 0 aromatic carbocycles. The molecule has 1 aliphatic heterocycles. The highest BCUT2D eigenvalue weighted by Gasteiger charge is 2.31. The van der Waals surface area contributed by atoms with Gasteiger partial charge in [0.15, 0.2) is 0 Å². The van der Waals surface area contributed by atoms with Crippen molar-refractivity contribution in [3.05, 3.63) is 0 Å². The van der Waals surface area contributed by atoms with E-state index in [1.54, 1.807) is 0 Å². The second kappa shape index (κ2) is 6.51. The molecule has 2 nitrogen and oxygen atoms in total. The summed E-state index contributed by atoms with van der Waals surface area (Å²) in [5, 5.41) is 0. The molecular weight excluding hydrogens is 254 g/mol. The molecule has 3 heteroatoms. The van der Waals surface area contributed by atoms with Gasteiger partial charge in [0.05, 0.1) is 4.83 Å². The van der Waals surface area contributed by atoms with E-state index in [4.69, 9.17) is 0 Å². The van der Waals surface area contributed by atoms with Crippen LogP contribution < -0.4 is 0 Å². The first-order chi connectivity index (χ1) is 7.16. The number of halogens is 1. The zero-order valence-electron chi connectivity index (χ0n) is 9.84. The Balaban J connectivity index is 2.22. The van der Waals surface area contributed by atoms with Crippen LogP contribution in [0.5, 0.6) is 0 Å². The highest BCUT2D eigenvalue weighted by atomic mass is 79.9. The average Bonchev–Trinajstić information content (AvgIpc) is 2.55. The quantitative estimate of drug-likeness (QED) is 0.538. The number of unbranched alkanes of at least 4 members (excludes halogenated alkanes) is 3. The van der Waals surface area contributed by atoms with Crippen molar-refractivity contribution in [1.82, 2.24) is 4.90 Å². The van der Waals surface area contributed by atoms with Crippen molar-refractivity contribution in [2.75, 3.05) is 6.54 Å². The standard InChI is InChI=1S/C12H22BrNO/c1-3-4-5-6-7-10(2)14-9-8-11(13)12(14)15/h10-11H,3-9H2,1-2H3. The van der Waals surface area contributed by atoms with Crippen LogP contribution in [0.15, 0.2) is 0 Å². The van der Waals surface area contributed by atoms with Crippen LogP contribution in [0.3, 0.4) is 0 Å². The van der Waals surface area contributed by atoms with E-state index in [9.17, 15) is 4.79 Å². The van der Waals surface area contributed by atoms with E-state index in [2.05, 4.69) is 29.8 Å². The molecule has 1 amide bonds. The molecule has 1 aliphatic rings. The monoisotopic (exact) mass is 275 g/mol. The molecule has 1 fully saturated rings. The molecule has 0 bridgehead atoms. The maximum absolute atomic E-state index is 11.7. The molecule has 0 radical (unpaired) electrons. The normalized spacial score (nSPS) is 23.5. The second-order valence-electron chi connectivity index (χ2n) is 4.49. The number of rotatable bonds is 6. The van der Waals surface area contributed by atoms with Crippen LogP contribution in [-0.4, -0.2) is 28.2 Å². The number of hydrogen-bond acceptors (Lipinski definition) is 1. The van der Waals surface area contributed by atoms with Gasteiger partial charge in [-0.05, 0) is 19.8 Å². The van der Waals surface area contributed by atoms with Gasteiger partial charge in [-0.1, -0.05) is 48.5 Å². The molecule has 0 spiro atoms. The van der Waals surface area contributed by atoms with E-state index in [-0.39, 0.29) is 10.7 Å². The van der Waals surface area contributed by atoms with Gasteiger partial charge in [-0.2, -0.15) is 0 Å². The zero-order valence-corrected chi connectivity index (χ0v) is 11.4. The Morgan fingerprint density at radius 3 is 2.73 bits per heavy atom. The van der Waals surface area contributed by atoms with Crippen LogP contribution in [0.2, 0.25) is 0 Å². The lowest BCUT2D eigenvalue weighted by molar-refractivity contribution is -0.128. The fraction of sp³-hybridized carbons (Fsp3) is 0.917. The van der Waals surface area contributed by atoms with E-state index in [1.165, 1.54) is 25.7 Å². The van der Waals surface area contributed by atoms with E-state index in [1.807, 2.05) is 4.90 Å². The molecule has 1 saturated heterocycles. The van der Waals surface area contributed by atoms with Crippen LogP contribution in [0.1, 0.15) is 52.4 Å². The Labute approximate surface area is 102 Å².